The molecule has 1 aliphatic carbocycles. The predicted molar refractivity (Wildman–Crippen MR) is 195 cm³/mol. The number of aryl methyl sites for hydroxylation is 1. The van der Waals surface area contributed by atoms with Crippen molar-refractivity contribution in [3.05, 3.63) is 106 Å². The van der Waals surface area contributed by atoms with Crippen LogP contribution in [0.15, 0.2) is 88.9 Å². The van der Waals surface area contributed by atoms with Crippen LogP contribution in [0.3, 0.4) is 0 Å². The van der Waals surface area contributed by atoms with Crippen LogP contribution in [0.1, 0.15) is 77.0 Å². The highest BCUT2D eigenvalue weighted by Crippen LogP contribution is 2.31. The van der Waals surface area contributed by atoms with Crippen LogP contribution < -0.4 is 5.48 Å². The third-order valence-electron chi connectivity index (χ3n) is 8.78. The summed E-state index contributed by atoms with van der Waals surface area (Å²) in [5, 5.41) is 0. The van der Waals surface area contributed by atoms with Gasteiger partial charge in [-0.2, -0.15) is 13.2 Å². The van der Waals surface area contributed by atoms with Crippen molar-refractivity contribution >= 4 is 17.6 Å². The fourth-order valence-corrected chi connectivity index (χ4v) is 5.58. The summed E-state index contributed by atoms with van der Waals surface area (Å²) in [7, 11) is 0. The zero-order valence-electron chi connectivity index (χ0n) is 30.3. The van der Waals surface area contributed by atoms with E-state index in [9.17, 15) is 27.2 Å². The summed E-state index contributed by atoms with van der Waals surface area (Å²) < 4.78 is 51.0. The third-order valence-corrected chi connectivity index (χ3v) is 8.78. The number of rotatable bonds is 14. The van der Waals surface area contributed by atoms with E-state index < -0.39 is 11.7 Å². The maximum Gasteiger partial charge on any atom is 0.416 e. The van der Waals surface area contributed by atoms with Gasteiger partial charge in [0.1, 0.15) is 5.82 Å². The number of likely N-dealkylation sites (N-methyl/N-ethyl adjacent to an activating group) is 1. The minimum absolute atomic E-state index is 0.0726. The number of allylic oxidation sites excluding steroid dienone is 1. The standard InChI is InChI=1S/C23H30F3N3O2.C17H20FNO/c1-4-28(5-2)15-16-29(22(30)27-31-6-3)17-18-7-9-19(10-8-18)20-11-13-21(14-12-20)23(24,25)26;1-12-4-3-5-16(12)17(20)19-13(2)6-7-14-8-10-15(18)11-9-14/h7-14H,4-6,15-17H2,1-3H3,(H,27,30);8-11H,3-7H2,1-2H3. The number of nitrogens with zero attached hydrogens (tertiary/aromatic N) is 3. The summed E-state index contributed by atoms with van der Waals surface area (Å²) in [4.78, 5) is 37.7. The topological polar surface area (TPSA) is 74.2 Å². The highest BCUT2D eigenvalue weighted by molar-refractivity contribution is 6.03. The Morgan fingerprint density at radius 1 is 0.843 bits per heavy atom. The molecule has 0 aliphatic heterocycles. The molecule has 0 radical (unpaired) electrons. The van der Waals surface area contributed by atoms with Crippen molar-refractivity contribution in [3.63, 3.8) is 0 Å². The Bertz CT molecular complexity index is 1600. The molecule has 0 spiro atoms. The smallest absolute Gasteiger partial charge is 0.317 e. The molecular formula is C40H50F4N4O3. The quantitative estimate of drug-likeness (QED) is 0.103. The lowest BCUT2D eigenvalue weighted by molar-refractivity contribution is -0.137. The number of alkyl halides is 3. The monoisotopic (exact) mass is 710 g/mol. The molecule has 0 heterocycles. The first-order valence-electron chi connectivity index (χ1n) is 17.5. The molecule has 0 atom stereocenters. The fourth-order valence-electron chi connectivity index (χ4n) is 5.58. The van der Waals surface area contributed by atoms with Crippen molar-refractivity contribution in [1.82, 2.24) is 15.3 Å². The average Bonchev–Trinajstić information content (AvgIpc) is 3.56. The first kappa shape index (κ1) is 41.1. The molecule has 11 heteroatoms. The van der Waals surface area contributed by atoms with Crippen LogP contribution in [0.2, 0.25) is 0 Å². The molecule has 3 amide bonds. The second-order valence-electron chi connectivity index (χ2n) is 12.5. The van der Waals surface area contributed by atoms with E-state index in [1.54, 1.807) is 24.0 Å². The van der Waals surface area contributed by atoms with Crippen LogP contribution in [0, 0.1) is 5.82 Å². The Balaban J connectivity index is 0.000000302. The van der Waals surface area contributed by atoms with Crippen LogP contribution in [0.5, 0.6) is 0 Å². The number of carbonyl (C=O) groups is 2. The second kappa shape index (κ2) is 20.5. The van der Waals surface area contributed by atoms with E-state index in [-0.39, 0.29) is 17.8 Å². The van der Waals surface area contributed by atoms with Gasteiger partial charge in [0.15, 0.2) is 0 Å². The van der Waals surface area contributed by atoms with Crippen LogP contribution in [0.25, 0.3) is 11.1 Å². The number of carbonyl (C=O) groups excluding carboxylic acids is 2. The van der Waals surface area contributed by atoms with Gasteiger partial charge in [-0.05, 0) is 112 Å². The molecule has 0 saturated heterocycles. The van der Waals surface area contributed by atoms with Gasteiger partial charge in [-0.1, -0.05) is 68.0 Å². The van der Waals surface area contributed by atoms with Crippen molar-refractivity contribution < 1.29 is 32.0 Å². The average molecular weight is 711 g/mol. The number of halogens is 4. The number of urea groups is 1. The Kier molecular flexibility index (Phi) is 16.5. The van der Waals surface area contributed by atoms with Crippen molar-refractivity contribution in [2.45, 2.75) is 79.4 Å². The van der Waals surface area contributed by atoms with Gasteiger partial charge in [0.25, 0.3) is 5.91 Å². The third kappa shape index (κ3) is 13.7. The minimum Gasteiger partial charge on any atom is -0.317 e. The van der Waals surface area contributed by atoms with E-state index in [0.717, 1.165) is 91.8 Å². The fraction of sp³-hybridized carbons (Fsp3) is 0.425. The first-order valence-corrected chi connectivity index (χ1v) is 17.5. The summed E-state index contributed by atoms with van der Waals surface area (Å²) in [5.74, 6) is -0.297. The predicted octanol–water partition coefficient (Wildman–Crippen LogP) is 9.42. The van der Waals surface area contributed by atoms with Crippen LogP contribution in [0.4, 0.5) is 22.4 Å². The van der Waals surface area contributed by atoms with Crippen molar-refractivity contribution in [1.29, 1.82) is 0 Å². The van der Waals surface area contributed by atoms with E-state index in [2.05, 4.69) is 29.2 Å². The number of amides is 3. The largest absolute Gasteiger partial charge is 0.416 e. The molecule has 1 N–H and O–H groups in total. The van der Waals surface area contributed by atoms with Gasteiger partial charge in [0, 0.05) is 30.9 Å². The van der Waals surface area contributed by atoms with E-state index in [1.165, 1.54) is 29.8 Å². The Morgan fingerprint density at radius 3 is 1.96 bits per heavy atom. The molecule has 0 unspecified atom stereocenters. The number of aliphatic imine (C=N–C) groups is 1. The molecule has 0 aromatic heterocycles. The number of nitrogens with one attached hydrogen (secondary N) is 1. The Hall–Kier alpha value is -4.35. The maximum atomic E-state index is 12.8. The maximum absolute atomic E-state index is 12.8. The summed E-state index contributed by atoms with van der Waals surface area (Å²) in [6, 6.07) is 18.7. The molecule has 3 aromatic rings. The van der Waals surface area contributed by atoms with Gasteiger partial charge < -0.3 is 9.80 Å². The van der Waals surface area contributed by atoms with E-state index in [1.807, 2.05) is 38.1 Å². The summed E-state index contributed by atoms with van der Waals surface area (Å²) in [6.45, 7) is 13.7. The lowest BCUT2D eigenvalue weighted by Gasteiger charge is -2.26. The molecule has 0 saturated carbocycles. The van der Waals surface area contributed by atoms with Gasteiger partial charge in [-0.3, -0.25) is 9.63 Å². The molecule has 0 fully saturated rings. The molecule has 0 bridgehead atoms. The number of hydrogen-bond donors (Lipinski definition) is 1. The van der Waals surface area contributed by atoms with Crippen LogP contribution >= 0.6 is 0 Å². The molecule has 3 aromatic carbocycles. The van der Waals surface area contributed by atoms with Gasteiger partial charge >= 0.3 is 12.2 Å². The lowest BCUT2D eigenvalue weighted by atomic mass is 10.0. The Labute approximate surface area is 299 Å². The normalized spacial score (nSPS) is 13.3. The molecule has 1 aliphatic rings. The van der Waals surface area contributed by atoms with Gasteiger partial charge in [0.05, 0.1) is 12.2 Å². The van der Waals surface area contributed by atoms with Crippen molar-refractivity contribution in [3.8, 4) is 11.1 Å². The number of hydroxylamine groups is 1. The molecule has 276 valence electrons. The van der Waals surface area contributed by atoms with Crippen LogP contribution in [-0.2, 0) is 28.8 Å². The van der Waals surface area contributed by atoms with Crippen LogP contribution in [-0.4, -0.2) is 60.2 Å². The highest BCUT2D eigenvalue weighted by Gasteiger charge is 2.30. The van der Waals surface area contributed by atoms with Gasteiger partial charge in [-0.15, -0.1) is 0 Å². The molecule has 7 nitrogen and oxygen atoms in total. The summed E-state index contributed by atoms with van der Waals surface area (Å²) in [6.07, 6.45) is 0.103. The van der Waals surface area contributed by atoms with Crippen molar-refractivity contribution in [2.75, 3.05) is 32.8 Å². The Morgan fingerprint density at radius 2 is 1.43 bits per heavy atom. The van der Waals surface area contributed by atoms with Crippen molar-refractivity contribution in [2.24, 2.45) is 4.99 Å². The zero-order chi connectivity index (χ0) is 37.4. The summed E-state index contributed by atoms with van der Waals surface area (Å²) >= 11 is 0. The van der Waals surface area contributed by atoms with Gasteiger partial charge in [0.2, 0.25) is 0 Å². The van der Waals surface area contributed by atoms with E-state index >= 15 is 0 Å². The minimum atomic E-state index is -4.35. The number of benzene rings is 3. The molecule has 51 heavy (non-hydrogen) atoms. The highest BCUT2D eigenvalue weighted by atomic mass is 19.4. The molecular weight excluding hydrogens is 660 g/mol. The van der Waals surface area contributed by atoms with Gasteiger partial charge in [-0.25, -0.2) is 19.7 Å². The molecule has 4 rings (SSSR count). The van der Waals surface area contributed by atoms with E-state index in [0.29, 0.717) is 25.3 Å². The lowest BCUT2D eigenvalue weighted by Crippen LogP contribution is -2.43. The van der Waals surface area contributed by atoms with E-state index in [4.69, 9.17) is 4.84 Å². The summed E-state index contributed by atoms with van der Waals surface area (Å²) in [5.41, 5.74) is 8.18. The zero-order valence-corrected chi connectivity index (χ0v) is 30.3. The number of hydrogen-bond acceptors (Lipinski definition) is 4. The SMILES string of the molecule is CC(CCc1ccc(F)cc1)=NC(=O)C1=C(C)CCC1.CCONC(=O)N(CCN(CC)CC)Cc1ccc(-c2ccc(C(F)(F)F)cc2)cc1. The first-order chi connectivity index (χ1) is 24.3. The second-order valence-corrected chi connectivity index (χ2v) is 12.5.